The maximum atomic E-state index is 6.05. The Balaban J connectivity index is 2.52. The molecule has 1 aromatic carbocycles. The van der Waals surface area contributed by atoms with Crippen LogP contribution in [0.5, 0.6) is 5.75 Å². The Bertz CT molecular complexity index is 537. The Morgan fingerprint density at radius 2 is 2.06 bits per heavy atom. The molecule has 0 N–H and O–H groups in total. The molecule has 1 heterocycles. The molecule has 0 atom stereocenters. The second-order valence-corrected chi connectivity index (χ2v) is 4.91. The summed E-state index contributed by atoms with van der Waals surface area (Å²) in [7, 11) is 1.63. The normalized spacial score (nSPS) is 10.4. The lowest BCUT2D eigenvalue weighted by Crippen LogP contribution is -1.96. The second-order valence-electron chi connectivity index (χ2n) is 3.47. The first kappa shape index (κ1) is 12.6. The highest BCUT2D eigenvalue weighted by atomic mass is 127. The Morgan fingerprint density at radius 3 is 2.71 bits per heavy atom. The molecule has 2 aromatic rings. The van der Waals surface area contributed by atoms with E-state index in [4.69, 9.17) is 16.3 Å². The van der Waals surface area contributed by atoms with Gasteiger partial charge in [-0.25, -0.2) is 9.97 Å². The minimum atomic E-state index is 0.482. The fourth-order valence-electron chi connectivity index (χ4n) is 1.42. The molecule has 2 rings (SSSR count). The number of methoxy groups -OCH3 is 1. The van der Waals surface area contributed by atoms with Gasteiger partial charge in [-0.1, -0.05) is 23.7 Å². The van der Waals surface area contributed by atoms with Gasteiger partial charge >= 0.3 is 0 Å². The zero-order valence-electron chi connectivity index (χ0n) is 9.37. The summed E-state index contributed by atoms with van der Waals surface area (Å²) in [5, 5.41) is 0.482. The number of halogens is 2. The maximum Gasteiger partial charge on any atom is 0.161 e. The summed E-state index contributed by atoms with van der Waals surface area (Å²) < 4.78 is 6.06. The van der Waals surface area contributed by atoms with Crippen LogP contribution in [0, 0.1) is 10.5 Å². The number of ether oxygens (including phenoxy) is 1. The van der Waals surface area contributed by atoms with Crippen molar-refractivity contribution in [2.75, 3.05) is 7.11 Å². The molecule has 3 nitrogen and oxygen atoms in total. The molecular weight excluding hydrogens is 351 g/mol. The van der Waals surface area contributed by atoms with Gasteiger partial charge in [0.25, 0.3) is 0 Å². The third-order valence-electron chi connectivity index (χ3n) is 2.30. The van der Waals surface area contributed by atoms with Gasteiger partial charge < -0.3 is 4.74 Å². The van der Waals surface area contributed by atoms with Crippen molar-refractivity contribution in [2.45, 2.75) is 6.92 Å². The van der Waals surface area contributed by atoms with Crippen molar-refractivity contribution in [2.24, 2.45) is 0 Å². The molecule has 0 bridgehead atoms. The standard InChI is InChI=1S/C12H10ClIN2O/c1-7-10(14)11(13)16-12(15-7)8-4-3-5-9(6-8)17-2/h3-6H,1-2H3. The monoisotopic (exact) mass is 360 g/mol. The molecule has 0 aliphatic heterocycles. The molecule has 0 saturated carbocycles. The summed E-state index contributed by atoms with van der Waals surface area (Å²) in [6.07, 6.45) is 0. The zero-order chi connectivity index (χ0) is 12.4. The fraction of sp³-hybridized carbons (Fsp3) is 0.167. The smallest absolute Gasteiger partial charge is 0.161 e. The van der Waals surface area contributed by atoms with Gasteiger partial charge in [0.15, 0.2) is 5.82 Å². The molecule has 0 aliphatic rings. The fourth-order valence-corrected chi connectivity index (χ4v) is 1.87. The summed E-state index contributed by atoms with van der Waals surface area (Å²) >= 11 is 8.19. The van der Waals surface area contributed by atoms with Crippen LogP contribution in [0.2, 0.25) is 5.15 Å². The number of benzene rings is 1. The molecule has 0 radical (unpaired) electrons. The van der Waals surface area contributed by atoms with Gasteiger partial charge in [-0.2, -0.15) is 0 Å². The van der Waals surface area contributed by atoms with Crippen LogP contribution in [-0.4, -0.2) is 17.1 Å². The van der Waals surface area contributed by atoms with Crippen molar-refractivity contribution in [1.82, 2.24) is 9.97 Å². The SMILES string of the molecule is COc1cccc(-c2nc(C)c(I)c(Cl)n2)c1. The van der Waals surface area contributed by atoms with E-state index in [1.54, 1.807) is 7.11 Å². The molecule has 17 heavy (non-hydrogen) atoms. The largest absolute Gasteiger partial charge is 0.497 e. The van der Waals surface area contributed by atoms with Gasteiger partial charge in [0.2, 0.25) is 0 Å². The van der Waals surface area contributed by atoms with E-state index in [-0.39, 0.29) is 0 Å². The third-order valence-corrected chi connectivity index (χ3v) is 4.19. The number of hydrogen-bond donors (Lipinski definition) is 0. The van der Waals surface area contributed by atoms with Crippen molar-refractivity contribution >= 4 is 34.2 Å². The lowest BCUT2D eigenvalue weighted by molar-refractivity contribution is 0.415. The summed E-state index contributed by atoms with van der Waals surface area (Å²) in [6.45, 7) is 1.92. The second kappa shape index (κ2) is 5.18. The molecule has 0 saturated heterocycles. The molecule has 0 spiro atoms. The van der Waals surface area contributed by atoms with E-state index >= 15 is 0 Å². The molecule has 0 amide bonds. The average molecular weight is 361 g/mol. The topological polar surface area (TPSA) is 35.0 Å². The third kappa shape index (κ3) is 2.69. The molecule has 1 aromatic heterocycles. The highest BCUT2D eigenvalue weighted by molar-refractivity contribution is 14.1. The van der Waals surface area contributed by atoms with Crippen molar-refractivity contribution in [3.63, 3.8) is 0 Å². The van der Waals surface area contributed by atoms with Crippen LogP contribution in [-0.2, 0) is 0 Å². The van der Waals surface area contributed by atoms with Gasteiger partial charge in [-0.05, 0) is 41.6 Å². The van der Waals surface area contributed by atoms with Crippen LogP contribution in [0.25, 0.3) is 11.4 Å². The molecule has 5 heteroatoms. The van der Waals surface area contributed by atoms with E-state index in [1.165, 1.54) is 0 Å². The molecule has 0 unspecified atom stereocenters. The van der Waals surface area contributed by atoms with E-state index in [1.807, 2.05) is 31.2 Å². The van der Waals surface area contributed by atoms with Crippen LogP contribution >= 0.6 is 34.2 Å². The van der Waals surface area contributed by atoms with Gasteiger partial charge in [-0.3, -0.25) is 0 Å². The number of aromatic nitrogens is 2. The first-order chi connectivity index (χ1) is 8.11. The number of hydrogen-bond acceptors (Lipinski definition) is 3. The van der Waals surface area contributed by atoms with Gasteiger partial charge in [0.05, 0.1) is 16.4 Å². The molecule has 0 fully saturated rings. The van der Waals surface area contributed by atoms with Gasteiger partial charge in [0, 0.05) is 5.56 Å². The predicted molar refractivity (Wildman–Crippen MR) is 76.5 cm³/mol. The molecule has 0 aliphatic carbocycles. The lowest BCUT2D eigenvalue weighted by atomic mass is 10.2. The van der Waals surface area contributed by atoms with Crippen LogP contribution in [0.1, 0.15) is 5.69 Å². The van der Waals surface area contributed by atoms with Crippen molar-refractivity contribution in [3.05, 3.63) is 38.7 Å². The van der Waals surface area contributed by atoms with Crippen LogP contribution in [0.15, 0.2) is 24.3 Å². The van der Waals surface area contributed by atoms with Crippen molar-refractivity contribution in [3.8, 4) is 17.1 Å². The quantitative estimate of drug-likeness (QED) is 0.605. The maximum absolute atomic E-state index is 6.05. The highest BCUT2D eigenvalue weighted by Gasteiger charge is 2.09. The minimum absolute atomic E-state index is 0.482. The van der Waals surface area contributed by atoms with E-state index in [9.17, 15) is 0 Å². The van der Waals surface area contributed by atoms with Gasteiger partial charge in [0.1, 0.15) is 10.9 Å². The summed E-state index contributed by atoms with van der Waals surface area (Å²) in [5.74, 6) is 1.39. The minimum Gasteiger partial charge on any atom is -0.497 e. The first-order valence-corrected chi connectivity index (χ1v) is 6.41. The Labute approximate surface area is 118 Å². The van der Waals surface area contributed by atoms with Crippen molar-refractivity contribution in [1.29, 1.82) is 0 Å². The summed E-state index contributed by atoms with van der Waals surface area (Å²) in [5.41, 5.74) is 1.77. The number of aryl methyl sites for hydroxylation is 1. The predicted octanol–water partition coefficient (Wildman–Crippen LogP) is 3.72. The zero-order valence-corrected chi connectivity index (χ0v) is 12.3. The molecule has 88 valence electrons. The van der Waals surface area contributed by atoms with E-state index in [0.717, 1.165) is 20.6 Å². The van der Waals surface area contributed by atoms with E-state index in [0.29, 0.717) is 11.0 Å². The van der Waals surface area contributed by atoms with Crippen molar-refractivity contribution < 1.29 is 4.74 Å². The van der Waals surface area contributed by atoms with E-state index < -0.39 is 0 Å². The first-order valence-electron chi connectivity index (χ1n) is 4.96. The number of nitrogens with zero attached hydrogens (tertiary/aromatic N) is 2. The summed E-state index contributed by atoms with van der Waals surface area (Å²) in [4.78, 5) is 8.69. The number of rotatable bonds is 2. The van der Waals surface area contributed by atoms with E-state index in [2.05, 4.69) is 32.6 Å². The van der Waals surface area contributed by atoms with Crippen LogP contribution < -0.4 is 4.74 Å². The van der Waals surface area contributed by atoms with Crippen LogP contribution in [0.4, 0.5) is 0 Å². The van der Waals surface area contributed by atoms with Gasteiger partial charge in [-0.15, -0.1) is 0 Å². The lowest BCUT2D eigenvalue weighted by Gasteiger charge is -2.06. The molecular formula is C12H10ClIN2O. The Kier molecular flexibility index (Phi) is 3.83. The Morgan fingerprint density at radius 1 is 1.29 bits per heavy atom. The highest BCUT2D eigenvalue weighted by Crippen LogP contribution is 2.25. The Hall–Kier alpha value is -0.880. The average Bonchev–Trinajstić information content (AvgIpc) is 2.35. The summed E-state index contributed by atoms with van der Waals surface area (Å²) in [6, 6.07) is 7.60. The van der Waals surface area contributed by atoms with Crippen LogP contribution in [0.3, 0.4) is 0 Å².